The number of hydrogen-bond donors (Lipinski definition) is 1. The van der Waals surface area contributed by atoms with Crippen molar-refractivity contribution >= 4 is 11.9 Å². The van der Waals surface area contributed by atoms with Crippen LogP contribution in [0.2, 0.25) is 0 Å². The molecule has 1 aliphatic carbocycles. The number of hydrogen-bond acceptors (Lipinski definition) is 3. The molecule has 0 radical (unpaired) electrons. The van der Waals surface area contributed by atoms with Crippen LogP contribution in [-0.2, 0) is 14.3 Å². The molecular weight excluding hydrogens is 172 g/mol. The molecule has 0 heterocycles. The minimum Gasteiger partial charge on any atom is -0.481 e. The molecule has 0 fully saturated rings. The van der Waals surface area contributed by atoms with Crippen LogP contribution in [0.5, 0.6) is 0 Å². The zero-order valence-corrected chi connectivity index (χ0v) is 7.40. The van der Waals surface area contributed by atoms with Gasteiger partial charge >= 0.3 is 11.9 Å². The fraction of sp³-hybridized carbons (Fsp3) is 0.556. The first-order valence-corrected chi connectivity index (χ1v) is 4.12. The van der Waals surface area contributed by atoms with E-state index in [2.05, 4.69) is 4.74 Å². The molecule has 0 spiro atoms. The lowest BCUT2D eigenvalue weighted by molar-refractivity contribution is -0.155. The standard InChI is InChI=1S/C9H12O4/c1-13-9(12)7-5-3-2-4-6(7)8(10)11/h2-3,6-7H,4-5H2,1H3,(H,10,11)/t6-,7?/m1/s1. The number of carbonyl (C=O) groups excluding carboxylic acids is 1. The Morgan fingerprint density at radius 3 is 2.31 bits per heavy atom. The summed E-state index contributed by atoms with van der Waals surface area (Å²) in [7, 11) is 1.28. The van der Waals surface area contributed by atoms with Crippen molar-refractivity contribution in [1.82, 2.24) is 0 Å². The summed E-state index contributed by atoms with van der Waals surface area (Å²) in [5.74, 6) is -2.51. The molecule has 4 nitrogen and oxygen atoms in total. The summed E-state index contributed by atoms with van der Waals surface area (Å²) in [4.78, 5) is 21.9. The van der Waals surface area contributed by atoms with E-state index >= 15 is 0 Å². The number of carboxylic acids is 1. The summed E-state index contributed by atoms with van der Waals surface area (Å²) in [6, 6.07) is 0. The van der Waals surface area contributed by atoms with E-state index < -0.39 is 23.8 Å². The normalized spacial score (nSPS) is 26.8. The predicted molar refractivity (Wildman–Crippen MR) is 45.0 cm³/mol. The molecule has 0 aromatic carbocycles. The molecule has 72 valence electrons. The molecule has 13 heavy (non-hydrogen) atoms. The minimum absolute atomic E-state index is 0.412. The van der Waals surface area contributed by atoms with Crippen LogP contribution in [0.25, 0.3) is 0 Å². The Bertz CT molecular complexity index is 244. The average Bonchev–Trinajstić information content (AvgIpc) is 2.16. The fourth-order valence-electron chi connectivity index (χ4n) is 1.50. The molecule has 0 saturated heterocycles. The number of ether oxygens (including phenoxy) is 1. The van der Waals surface area contributed by atoms with Crippen molar-refractivity contribution in [2.45, 2.75) is 12.8 Å². The molecule has 0 amide bonds. The fourth-order valence-corrected chi connectivity index (χ4v) is 1.50. The van der Waals surface area contributed by atoms with Crippen LogP contribution in [-0.4, -0.2) is 24.2 Å². The molecule has 0 aliphatic heterocycles. The maximum atomic E-state index is 11.2. The van der Waals surface area contributed by atoms with Crippen LogP contribution in [0.3, 0.4) is 0 Å². The molecule has 1 N–H and O–H groups in total. The third-order valence-electron chi connectivity index (χ3n) is 2.25. The van der Waals surface area contributed by atoms with Crippen molar-refractivity contribution in [3.63, 3.8) is 0 Å². The van der Waals surface area contributed by atoms with Crippen molar-refractivity contribution in [2.75, 3.05) is 7.11 Å². The van der Waals surface area contributed by atoms with Crippen molar-refractivity contribution < 1.29 is 19.4 Å². The highest BCUT2D eigenvalue weighted by Crippen LogP contribution is 2.26. The topological polar surface area (TPSA) is 63.6 Å². The van der Waals surface area contributed by atoms with Gasteiger partial charge in [-0.2, -0.15) is 0 Å². The Kier molecular flexibility index (Phi) is 3.06. The molecule has 2 atom stereocenters. The molecule has 4 heteroatoms. The minimum atomic E-state index is -0.931. The van der Waals surface area contributed by atoms with Gasteiger partial charge in [0, 0.05) is 0 Å². The first kappa shape index (κ1) is 9.77. The van der Waals surface area contributed by atoms with E-state index in [1.165, 1.54) is 7.11 Å². The maximum Gasteiger partial charge on any atom is 0.309 e. The van der Waals surface area contributed by atoms with Gasteiger partial charge in [-0.1, -0.05) is 12.2 Å². The summed E-state index contributed by atoms with van der Waals surface area (Å²) < 4.78 is 4.53. The summed E-state index contributed by atoms with van der Waals surface area (Å²) in [5.41, 5.74) is 0. The van der Waals surface area contributed by atoms with E-state index in [4.69, 9.17) is 5.11 Å². The Morgan fingerprint density at radius 2 is 1.85 bits per heavy atom. The highest BCUT2D eigenvalue weighted by Gasteiger charge is 2.34. The first-order valence-electron chi connectivity index (χ1n) is 4.12. The van der Waals surface area contributed by atoms with E-state index in [0.717, 1.165) is 0 Å². The van der Waals surface area contributed by atoms with Crippen LogP contribution < -0.4 is 0 Å². The number of esters is 1. The number of aliphatic carboxylic acids is 1. The van der Waals surface area contributed by atoms with Crippen molar-refractivity contribution in [3.05, 3.63) is 12.2 Å². The molecule has 1 aliphatic rings. The van der Waals surface area contributed by atoms with Gasteiger partial charge in [0.05, 0.1) is 18.9 Å². The molecule has 0 bridgehead atoms. The summed E-state index contributed by atoms with van der Waals surface area (Å²) >= 11 is 0. The van der Waals surface area contributed by atoms with Gasteiger partial charge in [0.2, 0.25) is 0 Å². The zero-order chi connectivity index (χ0) is 9.84. The highest BCUT2D eigenvalue weighted by molar-refractivity contribution is 5.81. The van der Waals surface area contributed by atoms with Gasteiger partial charge in [-0.3, -0.25) is 9.59 Å². The van der Waals surface area contributed by atoms with Gasteiger partial charge in [0.25, 0.3) is 0 Å². The van der Waals surface area contributed by atoms with E-state index in [1.54, 1.807) is 6.08 Å². The number of methoxy groups -OCH3 is 1. The monoisotopic (exact) mass is 184 g/mol. The highest BCUT2D eigenvalue weighted by atomic mass is 16.5. The lowest BCUT2D eigenvalue weighted by Gasteiger charge is -2.22. The molecule has 1 rings (SSSR count). The number of carboxylic acid groups (broad SMARTS) is 1. The molecule has 0 aromatic rings. The summed E-state index contributed by atoms with van der Waals surface area (Å²) in [6.45, 7) is 0. The van der Waals surface area contributed by atoms with Gasteiger partial charge in [-0.25, -0.2) is 0 Å². The molecule has 0 saturated carbocycles. The number of rotatable bonds is 2. The largest absolute Gasteiger partial charge is 0.481 e. The van der Waals surface area contributed by atoms with Gasteiger partial charge < -0.3 is 9.84 Å². The second-order valence-corrected chi connectivity index (χ2v) is 3.02. The van der Waals surface area contributed by atoms with Gasteiger partial charge in [-0.15, -0.1) is 0 Å². The molecule has 1 unspecified atom stereocenters. The number of allylic oxidation sites excluding steroid dienone is 2. The lowest BCUT2D eigenvalue weighted by atomic mass is 9.83. The Hall–Kier alpha value is -1.32. The lowest BCUT2D eigenvalue weighted by Crippen LogP contribution is -2.31. The van der Waals surface area contributed by atoms with Crippen LogP contribution in [0.4, 0.5) is 0 Å². The smallest absolute Gasteiger partial charge is 0.309 e. The van der Waals surface area contributed by atoms with Crippen LogP contribution in [0.1, 0.15) is 12.8 Å². The van der Waals surface area contributed by atoms with Crippen LogP contribution in [0, 0.1) is 11.8 Å². The van der Waals surface area contributed by atoms with E-state index in [1.807, 2.05) is 6.08 Å². The molecular formula is C9H12O4. The molecule has 0 aromatic heterocycles. The maximum absolute atomic E-state index is 11.2. The second-order valence-electron chi connectivity index (χ2n) is 3.02. The zero-order valence-electron chi connectivity index (χ0n) is 7.40. The summed E-state index contributed by atoms with van der Waals surface area (Å²) in [5, 5.41) is 8.81. The average molecular weight is 184 g/mol. The van der Waals surface area contributed by atoms with Gasteiger partial charge in [-0.05, 0) is 12.8 Å². The van der Waals surface area contributed by atoms with Crippen molar-refractivity contribution in [1.29, 1.82) is 0 Å². The number of carbonyl (C=O) groups is 2. The Labute approximate surface area is 76.2 Å². The Balaban J connectivity index is 2.75. The van der Waals surface area contributed by atoms with Gasteiger partial charge in [0.1, 0.15) is 0 Å². The second kappa shape index (κ2) is 4.07. The third-order valence-corrected chi connectivity index (χ3v) is 2.25. The van der Waals surface area contributed by atoms with E-state index in [9.17, 15) is 9.59 Å². The first-order chi connectivity index (χ1) is 6.16. The van der Waals surface area contributed by atoms with Crippen molar-refractivity contribution in [3.8, 4) is 0 Å². The van der Waals surface area contributed by atoms with Crippen LogP contribution in [0.15, 0.2) is 12.2 Å². The quantitative estimate of drug-likeness (QED) is 0.510. The van der Waals surface area contributed by atoms with Crippen molar-refractivity contribution in [2.24, 2.45) is 11.8 Å². The summed E-state index contributed by atoms with van der Waals surface area (Å²) in [6.07, 6.45) is 4.48. The van der Waals surface area contributed by atoms with Crippen LogP contribution >= 0.6 is 0 Å². The SMILES string of the molecule is COC(=O)C1CC=CC[C@H]1C(=O)O. The predicted octanol–water partition coefficient (Wildman–Crippen LogP) is 0.826. The van der Waals surface area contributed by atoms with Gasteiger partial charge in [0.15, 0.2) is 0 Å². The van der Waals surface area contributed by atoms with E-state index in [-0.39, 0.29) is 0 Å². The third kappa shape index (κ3) is 2.08. The van der Waals surface area contributed by atoms with E-state index in [0.29, 0.717) is 12.8 Å². The Morgan fingerprint density at radius 1 is 1.31 bits per heavy atom.